The van der Waals surface area contributed by atoms with Gasteiger partial charge in [-0.2, -0.15) is 13.5 Å². The number of carboxylic acids is 1. The van der Waals surface area contributed by atoms with Crippen molar-refractivity contribution in [2.45, 2.75) is 6.04 Å². The minimum absolute atomic E-state index is 0. The highest BCUT2D eigenvalue weighted by Gasteiger charge is 2.20. The number of aliphatic hydroxyl groups is 1. The first-order valence-electron chi connectivity index (χ1n) is 8.02. The standard InChI is InChI=1S/C19H16Cl2N2O4.H2S/c1-23-15-7-6-13(20)17(21)12(15)8-16(23)18(25)22-14(9-24)10-2-4-11(5-3-10)19(26)27;/h2-8,14,24H,9H2,1H3,(H,22,25)(H,26,27);1H2/t14-;/m1./s1. The van der Waals surface area contributed by atoms with Crippen LogP contribution in [0.3, 0.4) is 0 Å². The molecule has 2 aromatic carbocycles. The molecule has 0 bridgehead atoms. The summed E-state index contributed by atoms with van der Waals surface area (Å²) in [6.45, 7) is -0.339. The van der Waals surface area contributed by atoms with Crippen LogP contribution in [-0.2, 0) is 7.05 Å². The van der Waals surface area contributed by atoms with E-state index in [0.29, 0.717) is 26.7 Å². The molecule has 0 radical (unpaired) electrons. The molecule has 9 heteroatoms. The van der Waals surface area contributed by atoms with Crippen LogP contribution in [0.2, 0.25) is 10.0 Å². The molecular formula is C19H18Cl2N2O4S. The van der Waals surface area contributed by atoms with Gasteiger partial charge in [0.25, 0.3) is 5.91 Å². The number of benzene rings is 2. The number of rotatable bonds is 5. The number of nitrogens with one attached hydrogen (secondary N) is 1. The lowest BCUT2D eigenvalue weighted by atomic mass is 10.1. The molecule has 3 N–H and O–H groups in total. The summed E-state index contributed by atoms with van der Waals surface area (Å²) in [5, 5.41) is 22.8. The number of aryl methyl sites for hydroxylation is 1. The smallest absolute Gasteiger partial charge is 0.335 e. The third kappa shape index (κ3) is 4.12. The molecule has 1 atom stereocenters. The molecule has 0 fully saturated rings. The first-order chi connectivity index (χ1) is 12.8. The van der Waals surface area contributed by atoms with E-state index >= 15 is 0 Å². The van der Waals surface area contributed by atoms with Gasteiger partial charge in [0.1, 0.15) is 5.69 Å². The van der Waals surface area contributed by atoms with E-state index < -0.39 is 17.9 Å². The Morgan fingerprint density at radius 3 is 2.36 bits per heavy atom. The lowest BCUT2D eigenvalue weighted by Crippen LogP contribution is -2.32. The third-order valence-electron chi connectivity index (χ3n) is 4.39. The highest BCUT2D eigenvalue weighted by Crippen LogP contribution is 2.32. The highest BCUT2D eigenvalue weighted by molar-refractivity contribution is 7.59. The van der Waals surface area contributed by atoms with Crippen molar-refractivity contribution < 1.29 is 19.8 Å². The van der Waals surface area contributed by atoms with E-state index in [4.69, 9.17) is 28.3 Å². The van der Waals surface area contributed by atoms with Gasteiger partial charge in [-0.15, -0.1) is 0 Å². The zero-order valence-electron chi connectivity index (χ0n) is 14.7. The zero-order valence-corrected chi connectivity index (χ0v) is 17.3. The van der Waals surface area contributed by atoms with E-state index in [1.54, 1.807) is 41.9 Å². The van der Waals surface area contributed by atoms with E-state index in [1.807, 2.05) is 0 Å². The molecule has 3 rings (SSSR count). The van der Waals surface area contributed by atoms with Gasteiger partial charge in [-0.25, -0.2) is 4.79 Å². The molecule has 3 aromatic rings. The summed E-state index contributed by atoms with van der Waals surface area (Å²) in [5.41, 5.74) is 1.83. The quantitative estimate of drug-likeness (QED) is 0.562. The molecule has 1 amide bonds. The van der Waals surface area contributed by atoms with Crippen LogP contribution in [0.5, 0.6) is 0 Å². The number of aromatic carboxylic acids is 1. The van der Waals surface area contributed by atoms with Gasteiger partial charge < -0.3 is 20.1 Å². The van der Waals surface area contributed by atoms with Crippen molar-refractivity contribution in [3.8, 4) is 0 Å². The fraction of sp³-hybridized carbons (Fsp3) is 0.158. The number of amides is 1. The van der Waals surface area contributed by atoms with Crippen LogP contribution in [-0.4, -0.2) is 33.3 Å². The predicted molar refractivity (Wildman–Crippen MR) is 114 cm³/mol. The molecule has 0 aliphatic heterocycles. The van der Waals surface area contributed by atoms with Crippen molar-refractivity contribution >= 4 is 59.5 Å². The molecule has 1 aromatic heterocycles. The lowest BCUT2D eigenvalue weighted by Gasteiger charge is -2.17. The Morgan fingerprint density at radius 1 is 1.14 bits per heavy atom. The Balaban J connectivity index is 0.00000280. The Kier molecular flexibility index (Phi) is 7.01. The summed E-state index contributed by atoms with van der Waals surface area (Å²) in [6.07, 6.45) is 0. The number of aliphatic hydroxyl groups excluding tert-OH is 1. The van der Waals surface area contributed by atoms with Crippen LogP contribution in [0.25, 0.3) is 10.9 Å². The normalized spacial score (nSPS) is 11.7. The fourth-order valence-electron chi connectivity index (χ4n) is 2.89. The maximum absolute atomic E-state index is 12.7. The number of halogens is 2. The summed E-state index contributed by atoms with van der Waals surface area (Å²) in [7, 11) is 1.73. The van der Waals surface area contributed by atoms with Crippen LogP contribution in [0.1, 0.15) is 32.5 Å². The SMILES string of the molecule is Cn1c(C(=O)N[C@H](CO)c2ccc(C(=O)O)cc2)cc2c(Cl)c(Cl)ccc21.S. The number of fused-ring (bicyclic) bond motifs is 1. The minimum atomic E-state index is -1.04. The van der Waals surface area contributed by atoms with Crippen molar-refractivity contribution in [1.82, 2.24) is 9.88 Å². The molecule has 0 saturated carbocycles. The third-order valence-corrected chi connectivity index (χ3v) is 5.21. The Labute approximate surface area is 178 Å². The Bertz CT molecular complexity index is 1030. The summed E-state index contributed by atoms with van der Waals surface area (Å²) in [5.74, 6) is -1.44. The molecule has 0 aliphatic rings. The number of aromatic nitrogens is 1. The fourth-order valence-corrected chi connectivity index (χ4v) is 3.27. The monoisotopic (exact) mass is 440 g/mol. The van der Waals surface area contributed by atoms with Crippen LogP contribution in [0, 0.1) is 0 Å². The van der Waals surface area contributed by atoms with E-state index in [9.17, 15) is 14.7 Å². The molecule has 6 nitrogen and oxygen atoms in total. The van der Waals surface area contributed by atoms with Crippen LogP contribution in [0.15, 0.2) is 42.5 Å². The molecule has 28 heavy (non-hydrogen) atoms. The van der Waals surface area contributed by atoms with Crippen LogP contribution in [0.4, 0.5) is 0 Å². The maximum Gasteiger partial charge on any atom is 0.335 e. The minimum Gasteiger partial charge on any atom is -0.478 e. The van der Waals surface area contributed by atoms with Gasteiger partial charge >= 0.3 is 5.97 Å². The van der Waals surface area contributed by atoms with Gasteiger partial charge in [0.05, 0.1) is 28.3 Å². The van der Waals surface area contributed by atoms with Crippen molar-refractivity contribution in [1.29, 1.82) is 0 Å². The first kappa shape index (κ1) is 22.1. The zero-order chi connectivity index (χ0) is 19.7. The van der Waals surface area contributed by atoms with E-state index in [-0.39, 0.29) is 25.7 Å². The van der Waals surface area contributed by atoms with E-state index in [1.165, 1.54) is 12.1 Å². The van der Waals surface area contributed by atoms with Gasteiger partial charge in [0, 0.05) is 18.0 Å². The van der Waals surface area contributed by atoms with Crippen molar-refractivity contribution in [2.24, 2.45) is 7.05 Å². The molecule has 148 valence electrons. The lowest BCUT2D eigenvalue weighted by molar-refractivity contribution is 0.0696. The largest absolute Gasteiger partial charge is 0.478 e. The molecule has 0 unspecified atom stereocenters. The molecule has 0 spiro atoms. The van der Waals surface area contributed by atoms with Crippen LogP contribution < -0.4 is 5.32 Å². The van der Waals surface area contributed by atoms with Gasteiger partial charge in [-0.1, -0.05) is 35.3 Å². The van der Waals surface area contributed by atoms with Crippen LogP contribution >= 0.6 is 36.7 Å². The summed E-state index contributed by atoms with van der Waals surface area (Å²) >= 11 is 12.3. The van der Waals surface area contributed by atoms with Crippen molar-refractivity contribution in [3.63, 3.8) is 0 Å². The average molecular weight is 441 g/mol. The first-order valence-corrected chi connectivity index (χ1v) is 8.77. The number of nitrogens with zero attached hydrogens (tertiary/aromatic N) is 1. The second kappa shape index (κ2) is 8.87. The van der Waals surface area contributed by atoms with Crippen molar-refractivity contribution in [2.75, 3.05) is 6.61 Å². The summed E-state index contributed by atoms with van der Waals surface area (Å²) in [4.78, 5) is 23.7. The maximum atomic E-state index is 12.7. The molecular weight excluding hydrogens is 423 g/mol. The van der Waals surface area contributed by atoms with Gasteiger partial charge in [0.2, 0.25) is 0 Å². The highest BCUT2D eigenvalue weighted by atomic mass is 35.5. The molecule has 1 heterocycles. The second-order valence-corrected chi connectivity index (χ2v) is 6.80. The number of hydrogen-bond donors (Lipinski definition) is 3. The van der Waals surface area contributed by atoms with E-state index in [0.717, 1.165) is 5.52 Å². The van der Waals surface area contributed by atoms with Gasteiger partial charge in [-0.05, 0) is 35.9 Å². The van der Waals surface area contributed by atoms with Gasteiger partial charge in [-0.3, -0.25) is 4.79 Å². The summed E-state index contributed by atoms with van der Waals surface area (Å²) in [6, 6.07) is 10.4. The number of carbonyl (C=O) groups excluding carboxylic acids is 1. The number of carboxylic acid groups (broad SMARTS) is 1. The van der Waals surface area contributed by atoms with Crippen molar-refractivity contribution in [3.05, 3.63) is 69.3 Å². The predicted octanol–water partition coefficient (Wildman–Crippen LogP) is 3.76. The number of carbonyl (C=O) groups is 2. The summed E-state index contributed by atoms with van der Waals surface area (Å²) < 4.78 is 1.69. The average Bonchev–Trinajstić information content (AvgIpc) is 3.00. The number of hydrogen-bond acceptors (Lipinski definition) is 3. The second-order valence-electron chi connectivity index (χ2n) is 6.02. The molecule has 0 saturated heterocycles. The Morgan fingerprint density at radius 2 is 1.79 bits per heavy atom. The molecule has 0 aliphatic carbocycles. The Hall–Kier alpha value is -2.19. The van der Waals surface area contributed by atoms with E-state index in [2.05, 4.69) is 5.32 Å². The topological polar surface area (TPSA) is 91.6 Å². The van der Waals surface area contributed by atoms with Gasteiger partial charge in [0.15, 0.2) is 0 Å².